The summed E-state index contributed by atoms with van der Waals surface area (Å²) in [6, 6.07) is 0. The molecule has 0 bridgehead atoms. The number of rotatable bonds is 3. The van der Waals surface area contributed by atoms with E-state index in [9.17, 15) is 13.6 Å². The van der Waals surface area contributed by atoms with Gasteiger partial charge in [-0.25, -0.2) is 9.78 Å². The maximum atomic E-state index is 12.9. The SMILES string of the molecule is CCn1ccnc1C(F)(F)C(=O)O.[Br].[Cl].[Sc]. The van der Waals surface area contributed by atoms with E-state index in [2.05, 4.69) is 4.98 Å². The molecule has 3 radical (unpaired) electrons. The van der Waals surface area contributed by atoms with Crippen LogP contribution in [0.4, 0.5) is 8.78 Å². The molecule has 0 aromatic carbocycles. The second-order valence-electron chi connectivity index (χ2n) is 2.42. The Bertz CT molecular complexity index is 338. The summed E-state index contributed by atoms with van der Waals surface area (Å²) in [7, 11) is 0. The van der Waals surface area contributed by atoms with Gasteiger partial charge in [-0.1, -0.05) is 0 Å². The Morgan fingerprint density at radius 3 is 2.50 bits per heavy atom. The topological polar surface area (TPSA) is 55.1 Å². The summed E-state index contributed by atoms with van der Waals surface area (Å²) in [6.45, 7) is 1.89. The number of aryl methyl sites for hydroxylation is 1. The van der Waals surface area contributed by atoms with Crippen molar-refractivity contribution in [1.82, 2.24) is 9.55 Å². The van der Waals surface area contributed by atoms with Gasteiger partial charge in [-0.3, -0.25) is 0 Å². The van der Waals surface area contributed by atoms with Crippen molar-refractivity contribution in [3.63, 3.8) is 0 Å². The fraction of sp³-hybridized carbons (Fsp3) is 0.429. The molecular weight excluding hydrogens is 342 g/mol. The Labute approximate surface area is 126 Å². The number of hydrogen-bond donors (Lipinski definition) is 1. The van der Waals surface area contributed by atoms with Crippen molar-refractivity contribution in [2.45, 2.75) is 19.4 Å². The molecule has 9 heteroatoms. The number of nitrogens with zero attached hydrogens (tertiary/aromatic N) is 2. The van der Waals surface area contributed by atoms with Gasteiger partial charge < -0.3 is 9.67 Å². The number of hydrogen-bond acceptors (Lipinski definition) is 2. The first-order valence-corrected chi connectivity index (χ1v) is 3.63. The first-order chi connectivity index (χ1) is 6.00. The van der Waals surface area contributed by atoms with Crippen molar-refractivity contribution < 1.29 is 44.5 Å². The van der Waals surface area contributed by atoms with Crippen LogP contribution in [0.2, 0.25) is 0 Å². The van der Waals surface area contributed by atoms with Gasteiger partial charge in [0, 0.05) is 74.2 Å². The molecule has 0 spiro atoms. The molecule has 0 aliphatic carbocycles. The molecule has 1 aromatic rings. The quantitative estimate of drug-likeness (QED) is 0.912. The van der Waals surface area contributed by atoms with Crippen LogP contribution in [-0.2, 0) is 43.1 Å². The number of carboxylic acids is 1. The average molecular weight is 350 g/mol. The third kappa shape index (κ3) is 4.21. The van der Waals surface area contributed by atoms with Crippen LogP contribution in [0, 0.1) is 0 Å². The van der Waals surface area contributed by atoms with E-state index in [-0.39, 0.29) is 61.8 Å². The Balaban J connectivity index is -0.000000563. The van der Waals surface area contributed by atoms with Crippen molar-refractivity contribution in [2.75, 3.05) is 0 Å². The number of imidazole rings is 1. The molecule has 0 amide bonds. The minimum atomic E-state index is -3.92. The standard InChI is InChI=1S/C7H8F2N2O2.Br.Cl.Sc/c1-2-11-4-3-10-5(11)7(8,9)6(12)13;;;/h3-4H,2H2,1H3,(H,12,13);;;. The molecule has 0 saturated heterocycles. The summed E-state index contributed by atoms with van der Waals surface area (Å²) in [5, 5.41) is 8.23. The molecule has 1 N–H and O–H groups in total. The average Bonchev–Trinajstić information content (AvgIpc) is 2.51. The van der Waals surface area contributed by atoms with Gasteiger partial charge in [0.1, 0.15) is 0 Å². The zero-order valence-corrected chi connectivity index (χ0v) is 12.3. The molecule has 1 rings (SSSR count). The fourth-order valence-electron chi connectivity index (χ4n) is 0.941. The molecule has 0 atom stereocenters. The first kappa shape index (κ1) is 21.5. The molecule has 1 heterocycles. The van der Waals surface area contributed by atoms with Gasteiger partial charge in [0.15, 0.2) is 5.82 Å². The van der Waals surface area contributed by atoms with E-state index in [1.54, 1.807) is 6.92 Å². The summed E-state index contributed by atoms with van der Waals surface area (Å²) in [5.41, 5.74) is 0. The summed E-state index contributed by atoms with van der Waals surface area (Å²) >= 11 is 0. The predicted octanol–water partition coefficient (Wildman–Crippen LogP) is 2.61. The fourth-order valence-corrected chi connectivity index (χ4v) is 0.941. The van der Waals surface area contributed by atoms with Crippen LogP contribution in [0.1, 0.15) is 12.7 Å². The van der Waals surface area contributed by atoms with Crippen LogP contribution < -0.4 is 0 Å². The van der Waals surface area contributed by atoms with E-state index in [1.165, 1.54) is 6.20 Å². The van der Waals surface area contributed by atoms with Crippen LogP contribution in [0.3, 0.4) is 0 Å². The molecule has 89 valence electrons. The van der Waals surface area contributed by atoms with E-state index in [4.69, 9.17) is 5.11 Å². The maximum absolute atomic E-state index is 12.9. The summed E-state index contributed by atoms with van der Waals surface area (Å²) in [4.78, 5) is 13.5. The van der Waals surface area contributed by atoms with Crippen LogP contribution in [0.25, 0.3) is 0 Å². The Morgan fingerprint density at radius 2 is 2.12 bits per heavy atom. The van der Waals surface area contributed by atoms with Crippen LogP contribution >= 0.6 is 29.4 Å². The molecule has 4 nitrogen and oxygen atoms in total. The predicted molar refractivity (Wildman–Crippen MR) is 54.2 cm³/mol. The molecule has 0 unspecified atom stereocenters. The van der Waals surface area contributed by atoms with Crippen molar-refractivity contribution in [2.24, 2.45) is 0 Å². The number of alkyl halides is 2. The normalized spacial score (nSPS) is 9.44. The molecule has 0 aliphatic heterocycles. The van der Waals surface area contributed by atoms with E-state index in [0.717, 1.165) is 10.8 Å². The minimum absolute atomic E-state index is 0. The van der Waals surface area contributed by atoms with Crippen LogP contribution in [-0.4, -0.2) is 20.6 Å². The number of aliphatic carboxylic acids is 1. The third-order valence-corrected chi connectivity index (χ3v) is 1.61. The van der Waals surface area contributed by atoms with Gasteiger partial charge >= 0.3 is 11.9 Å². The van der Waals surface area contributed by atoms with Crippen molar-refractivity contribution in [1.29, 1.82) is 0 Å². The second-order valence-corrected chi connectivity index (χ2v) is 2.42. The van der Waals surface area contributed by atoms with Crippen LogP contribution in [0.5, 0.6) is 0 Å². The summed E-state index contributed by atoms with van der Waals surface area (Å²) in [5.74, 6) is -6.84. The van der Waals surface area contributed by atoms with Crippen molar-refractivity contribution in [3.8, 4) is 0 Å². The second kappa shape index (κ2) is 8.30. The van der Waals surface area contributed by atoms with E-state index < -0.39 is 17.7 Å². The van der Waals surface area contributed by atoms with Crippen molar-refractivity contribution >= 4 is 35.4 Å². The van der Waals surface area contributed by atoms with Crippen LogP contribution in [0.15, 0.2) is 12.4 Å². The van der Waals surface area contributed by atoms with E-state index >= 15 is 0 Å². The third-order valence-electron chi connectivity index (χ3n) is 1.61. The largest absolute Gasteiger partial charge is 0.476 e. The van der Waals surface area contributed by atoms with Gasteiger partial charge in [0.25, 0.3) is 0 Å². The minimum Gasteiger partial charge on any atom is -0.476 e. The monoisotopic (exact) mass is 349 g/mol. The maximum Gasteiger partial charge on any atom is 0.399 e. The Kier molecular flexibility index (Phi) is 11.1. The number of halogens is 4. The smallest absolute Gasteiger partial charge is 0.399 e. The van der Waals surface area contributed by atoms with Gasteiger partial charge in [0.2, 0.25) is 0 Å². The van der Waals surface area contributed by atoms with E-state index in [1.807, 2.05) is 0 Å². The molecular formula is C7H8BrClF2N2O2Sc. The Morgan fingerprint density at radius 1 is 1.62 bits per heavy atom. The van der Waals surface area contributed by atoms with Gasteiger partial charge in [0.05, 0.1) is 0 Å². The molecule has 16 heavy (non-hydrogen) atoms. The number of carbonyl (C=O) groups is 1. The number of carboxylic acid groups (broad SMARTS) is 1. The molecule has 0 fully saturated rings. The Hall–Kier alpha value is 0.180. The van der Waals surface area contributed by atoms with E-state index in [0.29, 0.717) is 0 Å². The van der Waals surface area contributed by atoms with Gasteiger partial charge in [-0.15, -0.1) is 0 Å². The molecule has 0 saturated carbocycles. The molecule has 0 aliphatic rings. The first-order valence-electron chi connectivity index (χ1n) is 3.63. The van der Waals surface area contributed by atoms with Gasteiger partial charge in [-0.2, -0.15) is 8.78 Å². The zero-order valence-electron chi connectivity index (χ0n) is 8.20. The van der Waals surface area contributed by atoms with Crippen molar-refractivity contribution in [3.05, 3.63) is 18.2 Å². The van der Waals surface area contributed by atoms with Gasteiger partial charge in [-0.05, 0) is 6.92 Å². The summed E-state index contributed by atoms with van der Waals surface area (Å²) in [6.07, 6.45) is 2.46. The zero-order chi connectivity index (χ0) is 10.1. The molecule has 1 aromatic heterocycles. The number of aromatic nitrogens is 2. The summed E-state index contributed by atoms with van der Waals surface area (Å²) < 4.78 is 26.8.